The molecule has 3 aromatic rings. The van der Waals surface area contributed by atoms with Gasteiger partial charge in [-0.1, -0.05) is 42.5 Å². The fraction of sp³-hybridized carbons (Fsp3) is 0.269. The molecule has 164 valence electrons. The SMILES string of the molecule is COC(=O)CC(=O)C[C@@H](O)/C=C/c1c(C2CC2)nc2ccccc2c1-c1ccc(F)cc1. The second-order valence-electron chi connectivity index (χ2n) is 8.01. The Morgan fingerprint density at radius 3 is 2.59 bits per heavy atom. The first-order valence-corrected chi connectivity index (χ1v) is 10.6. The van der Waals surface area contributed by atoms with E-state index in [4.69, 9.17) is 4.98 Å². The van der Waals surface area contributed by atoms with E-state index in [1.54, 1.807) is 24.3 Å². The van der Waals surface area contributed by atoms with E-state index in [0.29, 0.717) is 5.92 Å². The number of hydrogen-bond donors (Lipinski definition) is 1. The maximum Gasteiger partial charge on any atom is 0.313 e. The van der Waals surface area contributed by atoms with Gasteiger partial charge in [0.1, 0.15) is 18.0 Å². The van der Waals surface area contributed by atoms with Crippen LogP contribution in [0.4, 0.5) is 4.39 Å². The van der Waals surface area contributed by atoms with Crippen molar-refractivity contribution in [3.05, 3.63) is 71.7 Å². The summed E-state index contributed by atoms with van der Waals surface area (Å²) in [6.07, 6.45) is 3.82. The van der Waals surface area contributed by atoms with Crippen LogP contribution in [0.2, 0.25) is 0 Å². The third kappa shape index (κ3) is 4.92. The number of benzene rings is 2. The van der Waals surface area contributed by atoms with Gasteiger partial charge in [0.25, 0.3) is 0 Å². The predicted molar refractivity (Wildman–Crippen MR) is 120 cm³/mol. The summed E-state index contributed by atoms with van der Waals surface area (Å²) >= 11 is 0. The molecule has 1 saturated carbocycles. The first-order chi connectivity index (χ1) is 15.5. The number of hydrogen-bond acceptors (Lipinski definition) is 5. The maximum absolute atomic E-state index is 13.6. The number of esters is 1. The third-order valence-electron chi connectivity index (χ3n) is 5.55. The molecule has 0 saturated heterocycles. The number of ether oxygens (including phenoxy) is 1. The number of halogens is 1. The van der Waals surface area contributed by atoms with E-state index >= 15 is 0 Å². The smallest absolute Gasteiger partial charge is 0.313 e. The Kier molecular flexibility index (Phi) is 6.42. The number of aliphatic hydroxyl groups is 1. The van der Waals surface area contributed by atoms with E-state index in [1.165, 1.54) is 19.2 Å². The monoisotopic (exact) mass is 433 g/mol. The Morgan fingerprint density at radius 1 is 1.19 bits per heavy atom. The molecule has 1 aliphatic carbocycles. The van der Waals surface area contributed by atoms with Crippen molar-refractivity contribution < 1.29 is 23.8 Å². The number of para-hydroxylation sites is 1. The van der Waals surface area contributed by atoms with Crippen molar-refractivity contribution in [1.82, 2.24) is 4.98 Å². The van der Waals surface area contributed by atoms with Crippen molar-refractivity contribution >= 4 is 28.7 Å². The van der Waals surface area contributed by atoms with Crippen LogP contribution >= 0.6 is 0 Å². The largest absolute Gasteiger partial charge is 0.469 e. The Morgan fingerprint density at radius 2 is 1.91 bits per heavy atom. The van der Waals surface area contributed by atoms with Crippen LogP contribution in [0, 0.1) is 5.82 Å². The Bertz CT molecular complexity index is 1180. The van der Waals surface area contributed by atoms with Crippen molar-refractivity contribution in [2.24, 2.45) is 0 Å². The normalized spacial score (nSPS) is 14.6. The van der Waals surface area contributed by atoms with Gasteiger partial charge in [0.2, 0.25) is 0 Å². The molecule has 0 bridgehead atoms. The lowest BCUT2D eigenvalue weighted by molar-refractivity contribution is -0.143. The summed E-state index contributed by atoms with van der Waals surface area (Å²) in [4.78, 5) is 28.1. The van der Waals surface area contributed by atoms with Crippen molar-refractivity contribution in [2.45, 2.75) is 37.7 Å². The van der Waals surface area contributed by atoms with Crippen LogP contribution in [0.3, 0.4) is 0 Å². The number of nitrogens with zero attached hydrogens (tertiary/aromatic N) is 1. The second-order valence-corrected chi connectivity index (χ2v) is 8.01. The summed E-state index contributed by atoms with van der Waals surface area (Å²) in [7, 11) is 1.22. The number of aromatic nitrogens is 1. The molecule has 5 nitrogen and oxygen atoms in total. The summed E-state index contributed by atoms with van der Waals surface area (Å²) < 4.78 is 18.1. The highest BCUT2D eigenvalue weighted by atomic mass is 19.1. The van der Waals surface area contributed by atoms with Gasteiger partial charge in [0, 0.05) is 28.9 Å². The van der Waals surface area contributed by atoms with E-state index in [2.05, 4.69) is 4.74 Å². The van der Waals surface area contributed by atoms with E-state index in [-0.39, 0.29) is 18.7 Å². The molecule has 4 rings (SSSR count). The molecule has 0 amide bonds. The fourth-order valence-electron chi connectivity index (χ4n) is 3.82. The molecular formula is C26H24FNO4. The summed E-state index contributed by atoms with van der Waals surface area (Å²) in [5.74, 6) is -1.01. The van der Waals surface area contributed by atoms with Crippen LogP contribution in [0.15, 0.2) is 54.6 Å². The number of aliphatic hydroxyl groups excluding tert-OH is 1. The molecule has 1 N–H and O–H groups in total. The minimum Gasteiger partial charge on any atom is -0.469 e. The highest BCUT2D eigenvalue weighted by molar-refractivity contribution is 5.99. The molecule has 0 aliphatic heterocycles. The molecule has 32 heavy (non-hydrogen) atoms. The quantitative estimate of drug-likeness (QED) is 0.407. The summed E-state index contributed by atoms with van der Waals surface area (Å²) in [5, 5.41) is 11.3. The molecule has 1 heterocycles. The molecular weight excluding hydrogens is 409 g/mol. The molecule has 6 heteroatoms. The summed E-state index contributed by atoms with van der Waals surface area (Å²) in [5.41, 5.74) is 4.42. The van der Waals surface area contributed by atoms with Crippen molar-refractivity contribution in [2.75, 3.05) is 7.11 Å². The number of carbonyl (C=O) groups is 2. The number of fused-ring (bicyclic) bond motifs is 1. The Balaban J connectivity index is 1.75. The lowest BCUT2D eigenvalue weighted by atomic mass is 9.92. The van der Waals surface area contributed by atoms with Crippen LogP contribution in [0.1, 0.15) is 42.9 Å². The molecule has 1 atom stereocenters. The molecule has 0 unspecified atom stereocenters. The van der Waals surface area contributed by atoms with Crippen LogP contribution in [-0.4, -0.2) is 35.1 Å². The van der Waals surface area contributed by atoms with E-state index in [0.717, 1.165) is 46.1 Å². The third-order valence-corrected chi connectivity index (χ3v) is 5.55. The lowest BCUT2D eigenvalue weighted by Crippen LogP contribution is -2.15. The van der Waals surface area contributed by atoms with E-state index in [1.807, 2.05) is 24.3 Å². The zero-order valence-corrected chi connectivity index (χ0v) is 17.8. The zero-order chi connectivity index (χ0) is 22.7. The van der Waals surface area contributed by atoms with Gasteiger partial charge >= 0.3 is 5.97 Å². The average Bonchev–Trinajstić information content (AvgIpc) is 3.62. The van der Waals surface area contributed by atoms with Crippen LogP contribution < -0.4 is 0 Å². The van der Waals surface area contributed by atoms with Gasteiger partial charge in [-0.05, 0) is 36.6 Å². The van der Waals surface area contributed by atoms with Gasteiger partial charge in [-0.15, -0.1) is 0 Å². The Hall–Kier alpha value is -3.38. The molecule has 1 fully saturated rings. The van der Waals surface area contributed by atoms with Crippen molar-refractivity contribution in [3.8, 4) is 11.1 Å². The van der Waals surface area contributed by atoms with Gasteiger partial charge in [-0.25, -0.2) is 4.39 Å². The topological polar surface area (TPSA) is 76.5 Å². The standard InChI is InChI=1S/C26H24FNO4/c1-32-24(31)15-20(30)14-19(29)12-13-22-25(16-8-10-18(27)11-9-16)21-4-2-3-5-23(21)28-26(22)17-6-7-17/h2-5,8-13,17,19,29H,6-7,14-15H2,1H3/b13-12+/t19-/m0/s1. The molecule has 2 aromatic carbocycles. The number of pyridine rings is 1. The number of Topliss-reactive ketones (excluding diaryl/α,β-unsaturated/α-hetero) is 1. The van der Waals surface area contributed by atoms with Gasteiger partial charge in [-0.2, -0.15) is 0 Å². The zero-order valence-electron chi connectivity index (χ0n) is 17.8. The lowest BCUT2D eigenvalue weighted by Gasteiger charge is -2.16. The number of methoxy groups -OCH3 is 1. The fourth-order valence-corrected chi connectivity index (χ4v) is 3.82. The number of rotatable bonds is 8. The second kappa shape index (κ2) is 9.40. The van der Waals surface area contributed by atoms with Gasteiger partial charge in [0.05, 0.1) is 24.4 Å². The van der Waals surface area contributed by atoms with Crippen LogP contribution in [-0.2, 0) is 14.3 Å². The highest BCUT2D eigenvalue weighted by Crippen LogP contribution is 2.45. The Labute approximate surface area is 185 Å². The predicted octanol–water partition coefficient (Wildman–Crippen LogP) is 4.81. The maximum atomic E-state index is 13.6. The van der Waals surface area contributed by atoms with Gasteiger partial charge in [0.15, 0.2) is 0 Å². The first kappa shape index (κ1) is 21.8. The number of ketones is 1. The van der Waals surface area contributed by atoms with Gasteiger partial charge < -0.3 is 9.84 Å². The number of carbonyl (C=O) groups excluding carboxylic acids is 2. The minimum atomic E-state index is -1.05. The molecule has 0 spiro atoms. The summed E-state index contributed by atoms with van der Waals surface area (Å²) in [6.45, 7) is 0. The van der Waals surface area contributed by atoms with E-state index in [9.17, 15) is 19.1 Å². The average molecular weight is 433 g/mol. The van der Waals surface area contributed by atoms with Crippen molar-refractivity contribution in [1.29, 1.82) is 0 Å². The van der Waals surface area contributed by atoms with E-state index < -0.39 is 17.9 Å². The van der Waals surface area contributed by atoms with Crippen molar-refractivity contribution in [3.63, 3.8) is 0 Å². The highest BCUT2D eigenvalue weighted by Gasteiger charge is 2.29. The molecule has 0 radical (unpaired) electrons. The van der Waals surface area contributed by atoms with Gasteiger partial charge in [-0.3, -0.25) is 14.6 Å². The summed E-state index contributed by atoms with van der Waals surface area (Å²) in [6, 6.07) is 14.1. The minimum absolute atomic E-state index is 0.183. The van der Waals surface area contributed by atoms with Crippen LogP contribution in [0.25, 0.3) is 28.1 Å². The molecule has 1 aliphatic rings. The molecule has 1 aromatic heterocycles. The van der Waals surface area contributed by atoms with Crippen LogP contribution in [0.5, 0.6) is 0 Å². The first-order valence-electron chi connectivity index (χ1n) is 10.6.